The molecule has 0 aliphatic carbocycles. The molecule has 1 aromatic rings. The van der Waals surface area contributed by atoms with Crippen LogP contribution < -0.4 is 16.0 Å². The number of aryl methyl sites for hydroxylation is 1. The van der Waals surface area contributed by atoms with E-state index in [1.54, 1.807) is 7.05 Å². The lowest BCUT2D eigenvalue weighted by atomic mass is 10.1. The molecule has 0 atom stereocenters. The molecule has 0 heterocycles. The summed E-state index contributed by atoms with van der Waals surface area (Å²) in [6.07, 6.45) is 0.491. The number of carbonyl (C=O) groups excluding carboxylic acids is 1. The van der Waals surface area contributed by atoms with Crippen LogP contribution in [0.5, 0.6) is 0 Å². The molecule has 0 fully saturated rings. The second-order valence-electron chi connectivity index (χ2n) is 4.18. The Labute approximate surface area is 103 Å². The molecular formula is C13H21N3O. The third kappa shape index (κ3) is 3.75. The first-order valence-electron chi connectivity index (χ1n) is 5.79. The van der Waals surface area contributed by atoms with Crippen molar-refractivity contribution in [3.63, 3.8) is 0 Å². The Hall–Kier alpha value is -1.55. The summed E-state index contributed by atoms with van der Waals surface area (Å²) in [7, 11) is 3.63. The highest BCUT2D eigenvalue weighted by molar-refractivity contribution is 5.76. The minimum Gasteiger partial charge on any atom is -0.374 e. The standard InChI is InChI=1S/C13H21N3O/c1-10-4-5-12(11(8-10)9-14)16(3)7-6-13(17)15-2/h4-5,8H,6-7,9,14H2,1-3H3,(H,15,17). The summed E-state index contributed by atoms with van der Waals surface area (Å²) in [5.41, 5.74) is 9.15. The normalized spacial score (nSPS) is 10.1. The topological polar surface area (TPSA) is 58.4 Å². The molecule has 1 amide bonds. The van der Waals surface area contributed by atoms with Crippen LogP contribution in [0.4, 0.5) is 5.69 Å². The van der Waals surface area contributed by atoms with Gasteiger partial charge < -0.3 is 16.0 Å². The van der Waals surface area contributed by atoms with E-state index in [4.69, 9.17) is 5.73 Å². The molecule has 0 aliphatic heterocycles. The maximum absolute atomic E-state index is 11.2. The van der Waals surface area contributed by atoms with Crippen LogP contribution in [0.15, 0.2) is 18.2 Å². The molecule has 94 valence electrons. The zero-order valence-corrected chi connectivity index (χ0v) is 10.8. The molecule has 3 N–H and O–H groups in total. The van der Waals surface area contributed by atoms with Crippen molar-refractivity contribution in [3.8, 4) is 0 Å². The fourth-order valence-corrected chi connectivity index (χ4v) is 1.76. The number of amides is 1. The van der Waals surface area contributed by atoms with Crippen molar-refractivity contribution in [1.29, 1.82) is 0 Å². The Morgan fingerprint density at radius 2 is 2.18 bits per heavy atom. The summed E-state index contributed by atoms with van der Waals surface area (Å²) >= 11 is 0. The summed E-state index contributed by atoms with van der Waals surface area (Å²) < 4.78 is 0. The molecule has 1 rings (SSSR count). The van der Waals surface area contributed by atoms with Crippen LogP contribution in [-0.4, -0.2) is 26.5 Å². The molecule has 0 bridgehead atoms. The molecule has 4 nitrogen and oxygen atoms in total. The molecule has 0 spiro atoms. The van der Waals surface area contributed by atoms with Gasteiger partial charge in [0.15, 0.2) is 0 Å². The van der Waals surface area contributed by atoms with Gasteiger partial charge in [-0.05, 0) is 18.6 Å². The minimum absolute atomic E-state index is 0.0539. The number of nitrogens with two attached hydrogens (primary N) is 1. The highest BCUT2D eigenvalue weighted by Crippen LogP contribution is 2.20. The number of hydrogen-bond acceptors (Lipinski definition) is 3. The number of benzene rings is 1. The molecule has 0 unspecified atom stereocenters. The van der Waals surface area contributed by atoms with Crippen molar-refractivity contribution < 1.29 is 4.79 Å². The predicted octanol–water partition coefficient (Wildman–Crippen LogP) is 1.03. The van der Waals surface area contributed by atoms with Crippen molar-refractivity contribution in [1.82, 2.24) is 5.32 Å². The van der Waals surface area contributed by atoms with E-state index in [9.17, 15) is 4.79 Å². The van der Waals surface area contributed by atoms with Gasteiger partial charge in [-0.25, -0.2) is 0 Å². The Bertz CT molecular complexity index is 390. The van der Waals surface area contributed by atoms with Crippen LogP contribution in [0.1, 0.15) is 17.5 Å². The zero-order chi connectivity index (χ0) is 12.8. The Morgan fingerprint density at radius 3 is 2.76 bits per heavy atom. The van der Waals surface area contributed by atoms with Crippen LogP contribution in [0.25, 0.3) is 0 Å². The lowest BCUT2D eigenvalue weighted by molar-refractivity contribution is -0.120. The van der Waals surface area contributed by atoms with Crippen molar-refractivity contribution in [2.24, 2.45) is 5.73 Å². The van der Waals surface area contributed by atoms with Gasteiger partial charge in [0.05, 0.1) is 0 Å². The van der Waals surface area contributed by atoms with Gasteiger partial charge in [0, 0.05) is 39.3 Å². The first-order chi connectivity index (χ1) is 8.08. The Kier molecular flexibility index (Phi) is 4.97. The van der Waals surface area contributed by atoms with Crippen molar-refractivity contribution >= 4 is 11.6 Å². The molecule has 4 heteroatoms. The molecule has 0 radical (unpaired) electrons. The maximum atomic E-state index is 11.2. The first-order valence-corrected chi connectivity index (χ1v) is 5.79. The molecule has 0 saturated carbocycles. The van der Waals surface area contributed by atoms with Crippen LogP contribution in [-0.2, 0) is 11.3 Å². The summed E-state index contributed by atoms with van der Waals surface area (Å²) in [5.74, 6) is 0.0539. The van der Waals surface area contributed by atoms with E-state index in [0.29, 0.717) is 19.5 Å². The van der Waals surface area contributed by atoms with Gasteiger partial charge >= 0.3 is 0 Å². The number of carbonyl (C=O) groups is 1. The molecular weight excluding hydrogens is 214 g/mol. The van der Waals surface area contributed by atoms with Crippen LogP contribution in [0, 0.1) is 6.92 Å². The molecule has 0 saturated heterocycles. The smallest absolute Gasteiger partial charge is 0.221 e. The number of anilines is 1. The first kappa shape index (κ1) is 13.5. The quantitative estimate of drug-likeness (QED) is 0.801. The van der Waals surface area contributed by atoms with Gasteiger partial charge in [-0.1, -0.05) is 17.7 Å². The molecule has 1 aromatic carbocycles. The highest BCUT2D eigenvalue weighted by Gasteiger charge is 2.08. The van der Waals surface area contributed by atoms with Gasteiger partial charge in [-0.3, -0.25) is 4.79 Å². The number of nitrogens with one attached hydrogen (secondary N) is 1. The monoisotopic (exact) mass is 235 g/mol. The fraction of sp³-hybridized carbons (Fsp3) is 0.462. The van der Waals surface area contributed by atoms with Crippen LogP contribution >= 0.6 is 0 Å². The summed E-state index contributed by atoms with van der Waals surface area (Å²) in [6, 6.07) is 6.21. The fourth-order valence-electron chi connectivity index (χ4n) is 1.76. The van der Waals surface area contributed by atoms with Crippen molar-refractivity contribution in [2.45, 2.75) is 19.9 Å². The largest absolute Gasteiger partial charge is 0.374 e. The van der Waals surface area contributed by atoms with Gasteiger partial charge in [-0.2, -0.15) is 0 Å². The number of nitrogens with zero attached hydrogens (tertiary/aromatic N) is 1. The SMILES string of the molecule is CNC(=O)CCN(C)c1ccc(C)cc1CN. The van der Waals surface area contributed by atoms with E-state index in [1.165, 1.54) is 5.56 Å². The predicted molar refractivity (Wildman–Crippen MR) is 71.0 cm³/mol. The average Bonchev–Trinajstić information content (AvgIpc) is 2.35. The third-order valence-corrected chi connectivity index (χ3v) is 2.82. The lowest BCUT2D eigenvalue weighted by Gasteiger charge is -2.22. The van der Waals surface area contributed by atoms with E-state index >= 15 is 0 Å². The maximum Gasteiger partial charge on any atom is 0.221 e. The van der Waals surface area contributed by atoms with Gasteiger partial charge in [0.1, 0.15) is 0 Å². The van der Waals surface area contributed by atoms with E-state index in [1.807, 2.05) is 14.0 Å². The molecule has 0 aliphatic rings. The van der Waals surface area contributed by atoms with Gasteiger partial charge in [-0.15, -0.1) is 0 Å². The van der Waals surface area contributed by atoms with E-state index in [-0.39, 0.29) is 5.91 Å². The van der Waals surface area contributed by atoms with E-state index in [2.05, 4.69) is 28.4 Å². The summed E-state index contributed by atoms with van der Waals surface area (Å²) in [4.78, 5) is 13.3. The highest BCUT2D eigenvalue weighted by atomic mass is 16.1. The Balaban J connectivity index is 2.74. The van der Waals surface area contributed by atoms with Crippen LogP contribution in [0.3, 0.4) is 0 Å². The second kappa shape index (κ2) is 6.25. The second-order valence-corrected chi connectivity index (χ2v) is 4.18. The van der Waals surface area contributed by atoms with E-state index in [0.717, 1.165) is 11.3 Å². The summed E-state index contributed by atoms with van der Waals surface area (Å²) in [5, 5.41) is 2.62. The number of rotatable bonds is 5. The number of hydrogen-bond donors (Lipinski definition) is 2. The molecule has 0 aromatic heterocycles. The van der Waals surface area contributed by atoms with Crippen molar-refractivity contribution in [2.75, 3.05) is 25.5 Å². The van der Waals surface area contributed by atoms with Gasteiger partial charge in [0.25, 0.3) is 0 Å². The minimum atomic E-state index is 0.0539. The van der Waals surface area contributed by atoms with Gasteiger partial charge in [0.2, 0.25) is 5.91 Å². The van der Waals surface area contributed by atoms with Crippen molar-refractivity contribution in [3.05, 3.63) is 29.3 Å². The van der Waals surface area contributed by atoms with E-state index < -0.39 is 0 Å². The summed E-state index contributed by atoms with van der Waals surface area (Å²) in [6.45, 7) is 3.25. The van der Waals surface area contributed by atoms with Crippen LogP contribution in [0.2, 0.25) is 0 Å². The lowest BCUT2D eigenvalue weighted by Crippen LogP contribution is -2.27. The molecule has 17 heavy (non-hydrogen) atoms. The Morgan fingerprint density at radius 1 is 1.47 bits per heavy atom. The average molecular weight is 235 g/mol. The third-order valence-electron chi connectivity index (χ3n) is 2.82. The zero-order valence-electron chi connectivity index (χ0n) is 10.8.